The number of carbonyl (C=O) groups is 1. The Morgan fingerprint density at radius 1 is 1.29 bits per heavy atom. The van der Waals surface area contributed by atoms with Crippen LogP contribution in [0.25, 0.3) is 0 Å². The Morgan fingerprint density at radius 3 is 2.71 bits per heavy atom. The molecule has 1 saturated heterocycles. The van der Waals surface area contributed by atoms with Crippen LogP contribution in [-0.4, -0.2) is 44.0 Å². The topological polar surface area (TPSA) is 71.2 Å². The molecule has 0 bridgehead atoms. The number of hydrogen-bond acceptors (Lipinski definition) is 4. The van der Waals surface area contributed by atoms with Crippen LogP contribution in [0.15, 0.2) is 36.5 Å². The summed E-state index contributed by atoms with van der Waals surface area (Å²) in [6, 6.07) is 10.2. The molecule has 0 spiro atoms. The van der Waals surface area contributed by atoms with Gasteiger partial charge in [-0.2, -0.15) is 0 Å². The van der Waals surface area contributed by atoms with Gasteiger partial charge in [0.25, 0.3) is 0 Å². The number of hydrogen-bond donors (Lipinski definition) is 1. The smallest absolute Gasteiger partial charge is 0.223 e. The number of aliphatic hydroxyl groups excluding tert-OH is 1. The predicted molar refractivity (Wildman–Crippen MR) is 76.3 cm³/mol. The van der Waals surface area contributed by atoms with Crippen LogP contribution in [0.2, 0.25) is 0 Å². The van der Waals surface area contributed by atoms with E-state index < -0.39 is 0 Å². The molecule has 2 heterocycles. The van der Waals surface area contributed by atoms with E-state index in [2.05, 4.69) is 10.3 Å². The summed E-state index contributed by atoms with van der Waals surface area (Å²) in [6.07, 6.45) is 3.05. The summed E-state index contributed by atoms with van der Waals surface area (Å²) in [5.74, 6) is 0.178. The van der Waals surface area contributed by atoms with Crippen LogP contribution < -0.4 is 0 Å². The van der Waals surface area contributed by atoms with Gasteiger partial charge in [0.15, 0.2) is 0 Å². The van der Waals surface area contributed by atoms with Gasteiger partial charge in [-0.15, -0.1) is 5.10 Å². The third-order valence-electron chi connectivity index (χ3n) is 3.78. The molecule has 1 fully saturated rings. The lowest BCUT2D eigenvalue weighted by Gasteiger charge is -2.39. The second kappa shape index (κ2) is 6.05. The molecule has 2 aromatic rings. The number of aromatic nitrogens is 3. The monoisotopic (exact) mass is 286 g/mol. The summed E-state index contributed by atoms with van der Waals surface area (Å²) < 4.78 is 1.73. The Morgan fingerprint density at radius 2 is 2.05 bits per heavy atom. The molecule has 0 unspecified atom stereocenters. The van der Waals surface area contributed by atoms with Gasteiger partial charge in [0.05, 0.1) is 18.8 Å². The van der Waals surface area contributed by atoms with Crippen molar-refractivity contribution in [1.82, 2.24) is 19.9 Å². The Hall–Kier alpha value is -2.21. The van der Waals surface area contributed by atoms with Gasteiger partial charge in [-0.25, -0.2) is 4.68 Å². The van der Waals surface area contributed by atoms with Crippen molar-refractivity contribution in [3.8, 4) is 0 Å². The highest BCUT2D eigenvalue weighted by molar-refractivity contribution is 5.77. The molecule has 1 aliphatic heterocycles. The van der Waals surface area contributed by atoms with Crippen LogP contribution in [0, 0.1) is 0 Å². The molecule has 21 heavy (non-hydrogen) atoms. The van der Waals surface area contributed by atoms with Gasteiger partial charge in [-0.1, -0.05) is 35.5 Å². The molecule has 1 aliphatic rings. The van der Waals surface area contributed by atoms with Crippen molar-refractivity contribution < 1.29 is 9.90 Å². The van der Waals surface area contributed by atoms with Crippen molar-refractivity contribution in [1.29, 1.82) is 0 Å². The van der Waals surface area contributed by atoms with E-state index in [1.54, 1.807) is 10.9 Å². The number of aliphatic hydroxyl groups is 1. The predicted octanol–water partition coefficient (Wildman–Crippen LogP) is 0.786. The van der Waals surface area contributed by atoms with Crippen molar-refractivity contribution in [2.24, 2.45) is 0 Å². The molecule has 110 valence electrons. The lowest BCUT2D eigenvalue weighted by Crippen LogP contribution is -2.51. The molecule has 6 heteroatoms. The molecule has 6 nitrogen and oxygen atoms in total. The molecule has 1 amide bonds. The maximum Gasteiger partial charge on any atom is 0.223 e. The minimum Gasteiger partial charge on any atom is -0.390 e. The van der Waals surface area contributed by atoms with Crippen molar-refractivity contribution in [3.05, 3.63) is 47.8 Å². The quantitative estimate of drug-likeness (QED) is 0.882. The number of carbonyl (C=O) groups excluding carboxylic acids is 1. The van der Waals surface area contributed by atoms with Gasteiger partial charge in [-0.05, 0) is 12.0 Å². The molecule has 1 aromatic carbocycles. The fourth-order valence-corrected chi connectivity index (χ4v) is 2.44. The van der Waals surface area contributed by atoms with Crippen LogP contribution in [0.4, 0.5) is 0 Å². The summed E-state index contributed by atoms with van der Waals surface area (Å²) >= 11 is 0. The number of likely N-dealkylation sites (tertiary alicyclic amines) is 1. The van der Waals surface area contributed by atoms with E-state index in [0.717, 1.165) is 6.42 Å². The molecule has 1 N–H and O–H groups in total. The zero-order valence-corrected chi connectivity index (χ0v) is 11.7. The first kappa shape index (κ1) is 13.8. The first-order valence-corrected chi connectivity index (χ1v) is 7.09. The summed E-state index contributed by atoms with van der Waals surface area (Å²) in [5, 5.41) is 16.8. The third-order valence-corrected chi connectivity index (χ3v) is 3.78. The number of aryl methyl sites for hydroxylation is 1. The zero-order chi connectivity index (χ0) is 14.7. The maximum atomic E-state index is 12.1. The minimum absolute atomic E-state index is 0.105. The van der Waals surface area contributed by atoms with E-state index in [0.29, 0.717) is 25.2 Å². The highest BCUT2D eigenvalue weighted by atomic mass is 16.3. The van der Waals surface area contributed by atoms with Gasteiger partial charge in [0.2, 0.25) is 5.91 Å². The van der Waals surface area contributed by atoms with Gasteiger partial charge >= 0.3 is 0 Å². The van der Waals surface area contributed by atoms with Gasteiger partial charge < -0.3 is 10.0 Å². The van der Waals surface area contributed by atoms with E-state index in [-0.39, 0.29) is 18.6 Å². The highest BCUT2D eigenvalue weighted by Gasteiger charge is 2.32. The average Bonchev–Trinajstić information content (AvgIpc) is 2.93. The molecule has 0 radical (unpaired) electrons. The van der Waals surface area contributed by atoms with Crippen LogP contribution in [0.5, 0.6) is 0 Å². The largest absolute Gasteiger partial charge is 0.390 e. The fraction of sp³-hybridized carbons (Fsp3) is 0.400. The molecule has 3 rings (SSSR count). The lowest BCUT2D eigenvalue weighted by atomic mass is 10.1. The van der Waals surface area contributed by atoms with Crippen LogP contribution in [0.3, 0.4) is 0 Å². The van der Waals surface area contributed by atoms with Crippen molar-refractivity contribution in [2.45, 2.75) is 25.5 Å². The normalized spacial score (nSPS) is 15.0. The standard InChI is InChI=1S/C15H18N4O2/c20-11-13-8-19(17-16-13)14-9-18(10-14)15(21)7-6-12-4-2-1-3-5-12/h1-5,8,14,20H,6-7,9-11H2. The van der Waals surface area contributed by atoms with Crippen molar-refractivity contribution in [3.63, 3.8) is 0 Å². The zero-order valence-electron chi connectivity index (χ0n) is 11.7. The molecule has 0 atom stereocenters. The van der Waals surface area contributed by atoms with E-state index in [1.165, 1.54) is 5.56 Å². The third kappa shape index (κ3) is 3.11. The summed E-state index contributed by atoms with van der Waals surface area (Å²) in [4.78, 5) is 13.9. The van der Waals surface area contributed by atoms with Gasteiger partial charge in [0, 0.05) is 19.5 Å². The van der Waals surface area contributed by atoms with E-state index in [9.17, 15) is 4.79 Å². The van der Waals surface area contributed by atoms with Crippen molar-refractivity contribution in [2.75, 3.05) is 13.1 Å². The Kier molecular flexibility index (Phi) is 3.96. The molecule has 0 saturated carbocycles. The Labute approximate surface area is 123 Å². The minimum atomic E-state index is -0.105. The number of benzene rings is 1. The van der Waals surface area contributed by atoms with Crippen molar-refractivity contribution >= 4 is 5.91 Å². The van der Waals surface area contributed by atoms with Gasteiger partial charge in [0.1, 0.15) is 5.69 Å². The molecule has 0 aliphatic carbocycles. The first-order chi connectivity index (χ1) is 10.3. The Balaban J connectivity index is 1.46. The highest BCUT2D eigenvalue weighted by Crippen LogP contribution is 2.21. The number of rotatable bonds is 5. The van der Waals surface area contributed by atoms with Gasteiger partial charge in [-0.3, -0.25) is 4.79 Å². The Bertz CT molecular complexity index is 605. The van der Waals surface area contributed by atoms with E-state index >= 15 is 0 Å². The average molecular weight is 286 g/mol. The van der Waals surface area contributed by atoms with Crippen LogP contribution in [0.1, 0.15) is 23.7 Å². The van der Waals surface area contributed by atoms with E-state index in [4.69, 9.17) is 5.11 Å². The summed E-state index contributed by atoms with van der Waals surface area (Å²) in [7, 11) is 0. The second-order valence-corrected chi connectivity index (χ2v) is 5.29. The lowest BCUT2D eigenvalue weighted by molar-refractivity contribution is -0.137. The maximum absolute atomic E-state index is 12.1. The number of nitrogens with zero attached hydrogens (tertiary/aromatic N) is 4. The van der Waals surface area contributed by atoms with Crippen LogP contribution >= 0.6 is 0 Å². The fourth-order valence-electron chi connectivity index (χ4n) is 2.44. The summed E-state index contributed by atoms with van der Waals surface area (Å²) in [6.45, 7) is 1.23. The summed E-state index contributed by atoms with van der Waals surface area (Å²) in [5.41, 5.74) is 1.75. The first-order valence-electron chi connectivity index (χ1n) is 7.09. The SMILES string of the molecule is O=C(CCc1ccccc1)N1CC(n2cc(CO)nn2)C1. The van der Waals surface area contributed by atoms with Crippen LogP contribution in [-0.2, 0) is 17.8 Å². The number of amides is 1. The second-order valence-electron chi connectivity index (χ2n) is 5.29. The molecular weight excluding hydrogens is 268 g/mol. The molecule has 1 aromatic heterocycles. The molecular formula is C15H18N4O2. The van der Waals surface area contributed by atoms with E-state index in [1.807, 2.05) is 35.2 Å².